The van der Waals surface area contributed by atoms with Gasteiger partial charge in [0.05, 0.1) is 13.2 Å². The third kappa shape index (κ3) is 4.96. The quantitative estimate of drug-likeness (QED) is 0.461. The van der Waals surface area contributed by atoms with Crippen LogP contribution in [0.3, 0.4) is 0 Å². The first-order chi connectivity index (χ1) is 12.7. The highest BCUT2D eigenvalue weighted by molar-refractivity contribution is 5.70. The van der Waals surface area contributed by atoms with E-state index in [0.29, 0.717) is 25.7 Å². The van der Waals surface area contributed by atoms with Gasteiger partial charge in [0.15, 0.2) is 0 Å². The Morgan fingerprint density at radius 1 is 0.731 bits per heavy atom. The molecule has 0 bridgehead atoms. The zero-order valence-corrected chi connectivity index (χ0v) is 15.5. The number of para-hydroxylation sites is 1. The second-order valence-electron chi connectivity index (χ2n) is 6.66. The maximum Gasteiger partial charge on any atom is 0.127 e. The fourth-order valence-electron chi connectivity index (χ4n) is 2.85. The lowest BCUT2D eigenvalue weighted by atomic mass is 10.0. The summed E-state index contributed by atoms with van der Waals surface area (Å²) in [6.07, 6.45) is 0. The smallest absolute Gasteiger partial charge is 0.127 e. The predicted octanol–water partition coefficient (Wildman–Crippen LogP) is 6.07. The molecule has 0 aromatic heterocycles. The molecule has 0 saturated heterocycles. The second-order valence-corrected chi connectivity index (χ2v) is 6.66. The minimum atomic E-state index is 0.536. The van der Waals surface area contributed by atoms with Crippen LogP contribution in [0.25, 0.3) is 11.1 Å². The molecule has 0 N–H and O–H groups in total. The molecular weight excluding hydrogens is 320 g/mol. The molecule has 0 aliphatic heterocycles. The van der Waals surface area contributed by atoms with E-state index in [-0.39, 0.29) is 0 Å². The van der Waals surface area contributed by atoms with Crippen LogP contribution in [0.1, 0.15) is 30.9 Å². The molecule has 3 aromatic rings. The van der Waals surface area contributed by atoms with E-state index < -0.39 is 0 Å². The summed E-state index contributed by atoms with van der Waals surface area (Å²) in [4.78, 5) is 0. The molecule has 0 spiro atoms. The van der Waals surface area contributed by atoms with E-state index in [9.17, 15) is 0 Å². The van der Waals surface area contributed by atoms with E-state index in [1.54, 1.807) is 0 Å². The highest BCUT2D eigenvalue weighted by Gasteiger charge is 2.05. The van der Waals surface area contributed by atoms with E-state index in [0.717, 1.165) is 16.9 Å². The zero-order chi connectivity index (χ0) is 18.2. The van der Waals surface area contributed by atoms with Crippen LogP contribution in [-0.4, -0.2) is 13.2 Å². The molecule has 3 rings (SSSR count). The molecule has 2 heteroatoms. The minimum Gasteiger partial charge on any atom is -0.491 e. The van der Waals surface area contributed by atoms with E-state index in [1.165, 1.54) is 11.1 Å². The van der Waals surface area contributed by atoms with Crippen molar-refractivity contribution in [3.05, 3.63) is 90.0 Å². The van der Waals surface area contributed by atoms with E-state index >= 15 is 0 Å². The number of hydrogen-bond acceptors (Lipinski definition) is 2. The first-order valence-corrected chi connectivity index (χ1v) is 9.18. The Morgan fingerprint density at radius 3 is 2.15 bits per heavy atom. The van der Waals surface area contributed by atoms with Gasteiger partial charge in [-0.3, -0.25) is 0 Å². The zero-order valence-electron chi connectivity index (χ0n) is 15.5. The maximum absolute atomic E-state index is 5.96. The second kappa shape index (κ2) is 9.21. The van der Waals surface area contributed by atoms with E-state index in [2.05, 4.69) is 56.3 Å². The molecule has 0 heterocycles. The molecular formula is C24H26O2. The summed E-state index contributed by atoms with van der Waals surface area (Å²) < 4.78 is 11.7. The van der Waals surface area contributed by atoms with Crippen LogP contribution in [0.2, 0.25) is 0 Å². The first-order valence-electron chi connectivity index (χ1n) is 9.18. The molecule has 0 atom stereocenters. The number of ether oxygens (including phenoxy) is 2. The Hall–Kier alpha value is -2.58. The molecule has 0 amide bonds. The van der Waals surface area contributed by atoms with Crippen LogP contribution in [0.15, 0.2) is 78.9 Å². The van der Waals surface area contributed by atoms with Crippen molar-refractivity contribution in [3.8, 4) is 16.9 Å². The molecule has 0 unspecified atom stereocenters. The van der Waals surface area contributed by atoms with Crippen LogP contribution < -0.4 is 4.74 Å². The largest absolute Gasteiger partial charge is 0.491 e. The van der Waals surface area contributed by atoms with Crippen molar-refractivity contribution in [3.63, 3.8) is 0 Å². The molecule has 0 aliphatic rings. The SMILES string of the molecule is CC(C)c1ccc(COCCOc2ccccc2-c2ccccc2)cc1. The number of hydrogen-bond donors (Lipinski definition) is 0. The van der Waals surface area contributed by atoms with Crippen molar-refractivity contribution in [2.75, 3.05) is 13.2 Å². The van der Waals surface area contributed by atoms with Crippen LogP contribution >= 0.6 is 0 Å². The summed E-state index contributed by atoms with van der Waals surface area (Å²) in [5, 5.41) is 0. The van der Waals surface area contributed by atoms with Crippen LogP contribution in [-0.2, 0) is 11.3 Å². The Labute approximate surface area is 156 Å². The van der Waals surface area contributed by atoms with E-state index in [4.69, 9.17) is 9.47 Å². The van der Waals surface area contributed by atoms with Crippen LogP contribution in [0.5, 0.6) is 5.75 Å². The summed E-state index contributed by atoms with van der Waals surface area (Å²) in [7, 11) is 0. The molecule has 26 heavy (non-hydrogen) atoms. The number of rotatable bonds is 8. The Kier molecular flexibility index (Phi) is 6.45. The lowest BCUT2D eigenvalue weighted by molar-refractivity contribution is 0.0891. The van der Waals surface area contributed by atoms with Gasteiger partial charge in [0, 0.05) is 5.56 Å². The Morgan fingerprint density at radius 2 is 1.42 bits per heavy atom. The van der Waals surface area contributed by atoms with Crippen molar-refractivity contribution < 1.29 is 9.47 Å². The summed E-state index contributed by atoms with van der Waals surface area (Å²) >= 11 is 0. The lowest BCUT2D eigenvalue weighted by Gasteiger charge is -2.12. The van der Waals surface area contributed by atoms with Gasteiger partial charge in [0.2, 0.25) is 0 Å². The molecule has 134 valence electrons. The van der Waals surface area contributed by atoms with Gasteiger partial charge in [-0.2, -0.15) is 0 Å². The molecule has 0 saturated carbocycles. The molecule has 0 fully saturated rings. The molecule has 3 aromatic carbocycles. The van der Waals surface area contributed by atoms with Crippen molar-refractivity contribution in [1.82, 2.24) is 0 Å². The van der Waals surface area contributed by atoms with Crippen molar-refractivity contribution in [1.29, 1.82) is 0 Å². The summed E-state index contributed by atoms with van der Waals surface area (Å²) in [6, 6.07) is 27.1. The average molecular weight is 346 g/mol. The number of benzene rings is 3. The van der Waals surface area contributed by atoms with Gasteiger partial charge in [0.1, 0.15) is 12.4 Å². The third-order valence-electron chi connectivity index (χ3n) is 4.37. The Balaban J connectivity index is 1.48. The van der Waals surface area contributed by atoms with Gasteiger partial charge in [-0.05, 0) is 28.7 Å². The van der Waals surface area contributed by atoms with Crippen LogP contribution in [0, 0.1) is 0 Å². The molecule has 0 aliphatic carbocycles. The standard InChI is InChI=1S/C24H26O2/c1-19(2)21-14-12-20(13-15-21)18-25-16-17-26-24-11-7-6-10-23(24)22-8-4-3-5-9-22/h3-15,19H,16-18H2,1-2H3. The van der Waals surface area contributed by atoms with Crippen molar-refractivity contribution in [2.24, 2.45) is 0 Å². The molecule has 2 nitrogen and oxygen atoms in total. The van der Waals surface area contributed by atoms with Gasteiger partial charge in [-0.25, -0.2) is 0 Å². The van der Waals surface area contributed by atoms with Gasteiger partial charge in [-0.15, -0.1) is 0 Å². The third-order valence-corrected chi connectivity index (χ3v) is 4.37. The summed E-state index contributed by atoms with van der Waals surface area (Å²) in [5.41, 5.74) is 4.82. The van der Waals surface area contributed by atoms with Crippen molar-refractivity contribution >= 4 is 0 Å². The van der Waals surface area contributed by atoms with Gasteiger partial charge >= 0.3 is 0 Å². The maximum atomic E-state index is 5.96. The summed E-state index contributed by atoms with van der Waals surface area (Å²) in [6.45, 7) is 6.12. The van der Waals surface area contributed by atoms with Crippen LogP contribution in [0.4, 0.5) is 0 Å². The Bertz CT molecular complexity index is 792. The van der Waals surface area contributed by atoms with Gasteiger partial charge in [0.25, 0.3) is 0 Å². The monoisotopic (exact) mass is 346 g/mol. The average Bonchev–Trinajstić information content (AvgIpc) is 2.69. The van der Waals surface area contributed by atoms with Gasteiger partial charge in [-0.1, -0.05) is 86.6 Å². The van der Waals surface area contributed by atoms with E-state index in [1.807, 2.05) is 36.4 Å². The highest BCUT2D eigenvalue weighted by Crippen LogP contribution is 2.29. The first kappa shape index (κ1) is 18.2. The minimum absolute atomic E-state index is 0.536. The molecule has 0 radical (unpaired) electrons. The van der Waals surface area contributed by atoms with Crippen molar-refractivity contribution in [2.45, 2.75) is 26.4 Å². The van der Waals surface area contributed by atoms with Gasteiger partial charge < -0.3 is 9.47 Å². The lowest BCUT2D eigenvalue weighted by Crippen LogP contribution is -2.07. The predicted molar refractivity (Wildman–Crippen MR) is 108 cm³/mol. The summed E-state index contributed by atoms with van der Waals surface area (Å²) in [5.74, 6) is 1.45. The fraction of sp³-hybridized carbons (Fsp3) is 0.250. The highest BCUT2D eigenvalue weighted by atomic mass is 16.5. The topological polar surface area (TPSA) is 18.5 Å². The fourth-order valence-corrected chi connectivity index (χ4v) is 2.85. The normalized spacial score (nSPS) is 10.9.